The summed E-state index contributed by atoms with van der Waals surface area (Å²) in [6, 6.07) is 7.93. The first-order valence-corrected chi connectivity index (χ1v) is 5.16. The van der Waals surface area contributed by atoms with Crippen molar-refractivity contribution >= 4 is 6.29 Å². The van der Waals surface area contributed by atoms with Crippen molar-refractivity contribution in [2.24, 2.45) is 0 Å². The molecule has 0 unspecified atom stereocenters. The smallest absolute Gasteiger partial charge is 0.150 e. The van der Waals surface area contributed by atoms with E-state index in [1.54, 1.807) is 0 Å². The van der Waals surface area contributed by atoms with E-state index >= 15 is 0 Å². The van der Waals surface area contributed by atoms with E-state index < -0.39 is 0 Å². The second-order valence-corrected chi connectivity index (χ2v) is 3.77. The molecule has 0 aromatic heterocycles. The van der Waals surface area contributed by atoms with Gasteiger partial charge in [0.1, 0.15) is 6.29 Å². The lowest BCUT2D eigenvalue weighted by Gasteiger charge is -2.23. The molecule has 0 saturated carbocycles. The molecule has 74 valence electrons. The number of aldehydes is 1. The van der Waals surface area contributed by atoms with Crippen LogP contribution in [0.3, 0.4) is 0 Å². The highest BCUT2D eigenvalue weighted by Gasteiger charge is 2.17. The number of carbonyl (C=O) groups excluding carboxylic acids is 1. The van der Waals surface area contributed by atoms with Crippen LogP contribution >= 0.6 is 0 Å². The number of rotatable bonds is 2. The minimum Gasteiger partial charge on any atom is -0.317 e. The van der Waals surface area contributed by atoms with Crippen molar-refractivity contribution in [1.82, 2.24) is 5.32 Å². The molecule has 1 saturated heterocycles. The predicted octanol–water partition coefficient (Wildman–Crippen LogP) is 1.97. The lowest BCUT2D eigenvalue weighted by molar-refractivity contribution is 0.112. The van der Waals surface area contributed by atoms with E-state index in [9.17, 15) is 4.79 Å². The zero-order valence-electron chi connectivity index (χ0n) is 8.20. The van der Waals surface area contributed by atoms with Gasteiger partial charge in [0.25, 0.3) is 0 Å². The summed E-state index contributed by atoms with van der Waals surface area (Å²) in [5.41, 5.74) is 2.09. The van der Waals surface area contributed by atoms with Crippen molar-refractivity contribution < 1.29 is 4.79 Å². The van der Waals surface area contributed by atoms with Crippen LogP contribution in [-0.2, 0) is 0 Å². The molecule has 2 rings (SSSR count). The number of carbonyl (C=O) groups is 1. The van der Waals surface area contributed by atoms with Crippen LogP contribution in [-0.4, -0.2) is 19.4 Å². The third kappa shape index (κ3) is 1.85. The van der Waals surface area contributed by atoms with Gasteiger partial charge in [-0.1, -0.05) is 24.3 Å². The molecule has 1 fully saturated rings. The van der Waals surface area contributed by atoms with Crippen molar-refractivity contribution in [2.45, 2.75) is 18.8 Å². The average Bonchev–Trinajstić information content (AvgIpc) is 2.30. The van der Waals surface area contributed by atoms with E-state index in [0.717, 1.165) is 37.8 Å². The number of piperidine rings is 1. The molecular formula is C12H15NO. The molecule has 14 heavy (non-hydrogen) atoms. The fourth-order valence-electron chi connectivity index (χ4n) is 2.12. The molecule has 1 heterocycles. The molecule has 1 aliphatic rings. The Kier molecular flexibility index (Phi) is 2.94. The van der Waals surface area contributed by atoms with Gasteiger partial charge in [0, 0.05) is 5.56 Å². The van der Waals surface area contributed by atoms with E-state index in [4.69, 9.17) is 0 Å². The first kappa shape index (κ1) is 9.41. The number of hydrogen-bond acceptors (Lipinski definition) is 2. The van der Waals surface area contributed by atoms with Crippen molar-refractivity contribution in [3.63, 3.8) is 0 Å². The quantitative estimate of drug-likeness (QED) is 0.721. The van der Waals surface area contributed by atoms with Gasteiger partial charge in [0.2, 0.25) is 0 Å². The Balaban J connectivity index is 2.24. The molecule has 0 aliphatic carbocycles. The molecule has 0 radical (unpaired) electrons. The zero-order chi connectivity index (χ0) is 9.80. The molecule has 2 heteroatoms. The summed E-state index contributed by atoms with van der Waals surface area (Å²) < 4.78 is 0. The molecule has 1 aromatic carbocycles. The Morgan fingerprint density at radius 1 is 1.21 bits per heavy atom. The molecule has 0 spiro atoms. The normalized spacial score (nSPS) is 18.0. The van der Waals surface area contributed by atoms with Crippen molar-refractivity contribution in [1.29, 1.82) is 0 Å². The minimum atomic E-state index is 0.567. The number of nitrogens with one attached hydrogen (secondary N) is 1. The third-order valence-electron chi connectivity index (χ3n) is 2.90. The van der Waals surface area contributed by atoms with Gasteiger partial charge in [-0.05, 0) is 37.4 Å². The fraction of sp³-hybridized carbons (Fsp3) is 0.417. The largest absolute Gasteiger partial charge is 0.317 e. The molecule has 0 atom stereocenters. The Morgan fingerprint density at radius 2 is 1.93 bits per heavy atom. The first-order chi connectivity index (χ1) is 6.92. The summed E-state index contributed by atoms with van der Waals surface area (Å²) in [6.07, 6.45) is 3.26. The van der Waals surface area contributed by atoms with Crippen molar-refractivity contribution in [3.8, 4) is 0 Å². The molecule has 0 bridgehead atoms. The Bertz CT molecular complexity index is 316. The summed E-state index contributed by atoms with van der Waals surface area (Å²) in [4.78, 5) is 10.9. The second-order valence-electron chi connectivity index (χ2n) is 3.77. The molecule has 1 N–H and O–H groups in total. The Hall–Kier alpha value is -1.15. The molecule has 0 amide bonds. The fourth-order valence-corrected chi connectivity index (χ4v) is 2.12. The SMILES string of the molecule is O=Cc1ccccc1C1CCNCC1. The van der Waals surface area contributed by atoms with Gasteiger partial charge in [0.15, 0.2) is 0 Å². The molecule has 1 aromatic rings. The molecule has 2 nitrogen and oxygen atoms in total. The maximum atomic E-state index is 10.9. The predicted molar refractivity (Wildman–Crippen MR) is 56.7 cm³/mol. The zero-order valence-corrected chi connectivity index (χ0v) is 8.20. The minimum absolute atomic E-state index is 0.567. The first-order valence-electron chi connectivity index (χ1n) is 5.16. The monoisotopic (exact) mass is 189 g/mol. The summed E-state index contributed by atoms with van der Waals surface area (Å²) >= 11 is 0. The Morgan fingerprint density at radius 3 is 2.64 bits per heavy atom. The third-order valence-corrected chi connectivity index (χ3v) is 2.90. The van der Waals surface area contributed by atoms with Crippen LogP contribution in [0.4, 0.5) is 0 Å². The maximum Gasteiger partial charge on any atom is 0.150 e. The summed E-state index contributed by atoms with van der Waals surface area (Å²) in [6.45, 7) is 2.13. The lowest BCUT2D eigenvalue weighted by atomic mass is 9.87. The van der Waals surface area contributed by atoms with Gasteiger partial charge in [-0.3, -0.25) is 4.79 Å². The van der Waals surface area contributed by atoms with Gasteiger partial charge in [-0.15, -0.1) is 0 Å². The van der Waals surface area contributed by atoms with Crippen LogP contribution in [0.25, 0.3) is 0 Å². The Labute approximate surface area is 84.3 Å². The van der Waals surface area contributed by atoms with E-state index in [1.165, 1.54) is 5.56 Å². The number of hydrogen-bond donors (Lipinski definition) is 1. The van der Waals surface area contributed by atoms with Crippen molar-refractivity contribution in [2.75, 3.05) is 13.1 Å². The van der Waals surface area contributed by atoms with Gasteiger partial charge >= 0.3 is 0 Å². The topological polar surface area (TPSA) is 29.1 Å². The summed E-state index contributed by atoms with van der Waals surface area (Å²) in [7, 11) is 0. The highest BCUT2D eigenvalue weighted by molar-refractivity contribution is 5.77. The van der Waals surface area contributed by atoms with E-state index in [0.29, 0.717) is 5.92 Å². The van der Waals surface area contributed by atoms with E-state index in [1.807, 2.05) is 18.2 Å². The van der Waals surface area contributed by atoms with Crippen LogP contribution in [0.15, 0.2) is 24.3 Å². The van der Waals surface area contributed by atoms with Crippen molar-refractivity contribution in [3.05, 3.63) is 35.4 Å². The van der Waals surface area contributed by atoms with E-state index in [2.05, 4.69) is 11.4 Å². The molecular weight excluding hydrogens is 174 g/mol. The standard InChI is InChI=1S/C12H15NO/c14-9-11-3-1-2-4-12(11)10-5-7-13-8-6-10/h1-4,9-10,13H,5-8H2. The lowest BCUT2D eigenvalue weighted by Crippen LogP contribution is -2.27. The molecule has 1 aliphatic heterocycles. The van der Waals surface area contributed by atoms with Gasteiger partial charge in [-0.25, -0.2) is 0 Å². The highest BCUT2D eigenvalue weighted by Crippen LogP contribution is 2.26. The van der Waals surface area contributed by atoms with E-state index in [-0.39, 0.29) is 0 Å². The second kappa shape index (κ2) is 4.38. The average molecular weight is 189 g/mol. The van der Waals surface area contributed by atoms with Gasteiger partial charge in [0.05, 0.1) is 0 Å². The van der Waals surface area contributed by atoms with Gasteiger partial charge < -0.3 is 5.32 Å². The highest BCUT2D eigenvalue weighted by atomic mass is 16.1. The summed E-state index contributed by atoms with van der Waals surface area (Å²) in [5, 5.41) is 3.33. The number of benzene rings is 1. The van der Waals surface area contributed by atoms with Gasteiger partial charge in [-0.2, -0.15) is 0 Å². The van der Waals surface area contributed by atoms with Crippen LogP contribution < -0.4 is 5.32 Å². The van der Waals surface area contributed by atoms with Crippen LogP contribution in [0, 0.1) is 0 Å². The van der Waals surface area contributed by atoms with Crippen LogP contribution in [0.5, 0.6) is 0 Å². The van der Waals surface area contributed by atoms with Crippen LogP contribution in [0.2, 0.25) is 0 Å². The maximum absolute atomic E-state index is 10.9. The summed E-state index contributed by atoms with van der Waals surface area (Å²) in [5.74, 6) is 0.567. The van der Waals surface area contributed by atoms with Crippen LogP contribution in [0.1, 0.15) is 34.7 Å².